The third kappa shape index (κ3) is 1.88. The van der Waals surface area contributed by atoms with Crippen LogP contribution in [0.5, 0.6) is 0 Å². The number of hydrogen-bond donors (Lipinski definition) is 2. The molecule has 0 spiro atoms. The molecule has 2 aliphatic rings. The van der Waals surface area contributed by atoms with E-state index in [1.165, 1.54) is 12.8 Å². The molecule has 0 aliphatic heterocycles. The summed E-state index contributed by atoms with van der Waals surface area (Å²) in [5.74, 6) is 4.36. The van der Waals surface area contributed by atoms with Crippen molar-refractivity contribution in [3.63, 3.8) is 0 Å². The SMILES string of the molecule is CC1C(CNc2ncnc3[nH]ccc23)CC2(C(C)C)CC12. The van der Waals surface area contributed by atoms with Crippen LogP contribution in [0.3, 0.4) is 0 Å². The van der Waals surface area contributed by atoms with Crippen molar-refractivity contribution in [2.75, 3.05) is 11.9 Å². The molecule has 4 heteroatoms. The number of fused-ring (bicyclic) bond motifs is 2. The van der Waals surface area contributed by atoms with E-state index in [1.807, 2.05) is 12.3 Å². The maximum absolute atomic E-state index is 4.41. The Kier molecular flexibility index (Phi) is 2.78. The van der Waals surface area contributed by atoms with Gasteiger partial charge in [-0.05, 0) is 48.0 Å². The van der Waals surface area contributed by atoms with Gasteiger partial charge in [-0.15, -0.1) is 0 Å². The summed E-state index contributed by atoms with van der Waals surface area (Å²) in [6, 6.07) is 2.04. The number of H-pyrrole nitrogens is 1. The van der Waals surface area contributed by atoms with Crippen LogP contribution < -0.4 is 5.32 Å². The summed E-state index contributed by atoms with van der Waals surface area (Å²) in [7, 11) is 0. The van der Waals surface area contributed by atoms with Crippen molar-refractivity contribution in [3.8, 4) is 0 Å². The fraction of sp³-hybridized carbons (Fsp3) is 0.647. The van der Waals surface area contributed by atoms with Crippen LogP contribution in [0.25, 0.3) is 11.0 Å². The zero-order chi connectivity index (χ0) is 14.6. The average Bonchev–Trinajstić information content (AvgIpc) is 2.87. The van der Waals surface area contributed by atoms with E-state index in [0.717, 1.165) is 47.1 Å². The summed E-state index contributed by atoms with van der Waals surface area (Å²) in [4.78, 5) is 11.8. The van der Waals surface area contributed by atoms with Crippen molar-refractivity contribution >= 4 is 16.9 Å². The molecule has 0 bridgehead atoms. The highest BCUT2D eigenvalue weighted by molar-refractivity contribution is 5.86. The fourth-order valence-corrected chi connectivity index (χ4v) is 4.70. The predicted octanol–water partition coefficient (Wildman–Crippen LogP) is 3.69. The Morgan fingerprint density at radius 1 is 1.38 bits per heavy atom. The van der Waals surface area contributed by atoms with Gasteiger partial charge >= 0.3 is 0 Å². The van der Waals surface area contributed by atoms with Gasteiger partial charge in [0.25, 0.3) is 0 Å². The first kappa shape index (κ1) is 13.1. The number of hydrogen-bond acceptors (Lipinski definition) is 3. The molecule has 2 N–H and O–H groups in total. The molecule has 2 heterocycles. The van der Waals surface area contributed by atoms with Gasteiger partial charge in [-0.2, -0.15) is 0 Å². The number of nitrogens with zero attached hydrogens (tertiary/aromatic N) is 2. The Morgan fingerprint density at radius 2 is 2.24 bits per heavy atom. The van der Waals surface area contributed by atoms with Crippen LogP contribution in [0.15, 0.2) is 18.6 Å². The summed E-state index contributed by atoms with van der Waals surface area (Å²) in [5.41, 5.74) is 1.56. The number of anilines is 1. The molecule has 2 aromatic rings. The number of aromatic nitrogens is 3. The summed E-state index contributed by atoms with van der Waals surface area (Å²) < 4.78 is 0. The second kappa shape index (κ2) is 4.46. The minimum atomic E-state index is 0.654. The lowest BCUT2D eigenvalue weighted by Crippen LogP contribution is -2.21. The van der Waals surface area contributed by atoms with Crippen molar-refractivity contribution in [2.24, 2.45) is 29.1 Å². The Balaban J connectivity index is 1.47. The Bertz CT molecular complexity index is 662. The zero-order valence-electron chi connectivity index (χ0n) is 13.1. The van der Waals surface area contributed by atoms with Gasteiger partial charge in [0, 0.05) is 12.7 Å². The number of rotatable bonds is 4. The van der Waals surface area contributed by atoms with E-state index >= 15 is 0 Å². The highest BCUT2D eigenvalue weighted by atomic mass is 15.0. The summed E-state index contributed by atoms with van der Waals surface area (Å²) >= 11 is 0. The smallest absolute Gasteiger partial charge is 0.142 e. The Morgan fingerprint density at radius 3 is 3.00 bits per heavy atom. The normalized spacial score (nSPS) is 34.4. The van der Waals surface area contributed by atoms with Gasteiger partial charge in [-0.3, -0.25) is 0 Å². The maximum Gasteiger partial charge on any atom is 0.142 e. The molecular formula is C17H24N4. The Hall–Kier alpha value is -1.58. The molecule has 4 nitrogen and oxygen atoms in total. The molecule has 2 saturated carbocycles. The van der Waals surface area contributed by atoms with Crippen molar-refractivity contribution in [2.45, 2.75) is 33.6 Å². The first-order chi connectivity index (χ1) is 10.1. The highest BCUT2D eigenvalue weighted by Crippen LogP contribution is 2.71. The molecular weight excluding hydrogens is 260 g/mol. The topological polar surface area (TPSA) is 53.6 Å². The van der Waals surface area contributed by atoms with Crippen molar-refractivity contribution < 1.29 is 0 Å². The first-order valence-corrected chi connectivity index (χ1v) is 8.14. The van der Waals surface area contributed by atoms with E-state index in [9.17, 15) is 0 Å². The van der Waals surface area contributed by atoms with Gasteiger partial charge < -0.3 is 10.3 Å². The minimum Gasteiger partial charge on any atom is -0.369 e. The lowest BCUT2D eigenvalue weighted by Gasteiger charge is -2.22. The average molecular weight is 284 g/mol. The van der Waals surface area contributed by atoms with Crippen LogP contribution >= 0.6 is 0 Å². The molecule has 0 radical (unpaired) electrons. The second-order valence-corrected chi connectivity index (χ2v) is 7.36. The van der Waals surface area contributed by atoms with E-state index in [4.69, 9.17) is 0 Å². The fourth-order valence-electron chi connectivity index (χ4n) is 4.70. The van der Waals surface area contributed by atoms with Crippen LogP contribution in [-0.2, 0) is 0 Å². The Labute approximate surface area is 125 Å². The third-order valence-electron chi connectivity index (χ3n) is 6.23. The summed E-state index contributed by atoms with van der Waals surface area (Å²) in [6.45, 7) is 8.27. The molecule has 4 atom stereocenters. The van der Waals surface area contributed by atoms with Gasteiger partial charge in [0.05, 0.1) is 5.39 Å². The monoisotopic (exact) mass is 284 g/mol. The molecule has 0 aromatic carbocycles. The van der Waals surface area contributed by atoms with Crippen LogP contribution in [-0.4, -0.2) is 21.5 Å². The van der Waals surface area contributed by atoms with Gasteiger partial charge in [0.2, 0.25) is 0 Å². The van der Waals surface area contributed by atoms with E-state index in [2.05, 4.69) is 41.0 Å². The molecule has 0 saturated heterocycles. The minimum absolute atomic E-state index is 0.654. The predicted molar refractivity (Wildman–Crippen MR) is 85.0 cm³/mol. The summed E-state index contributed by atoms with van der Waals surface area (Å²) in [5, 5.41) is 4.66. The highest BCUT2D eigenvalue weighted by Gasteiger charge is 2.64. The molecule has 4 rings (SSSR count). The largest absolute Gasteiger partial charge is 0.369 e. The van der Waals surface area contributed by atoms with Crippen LogP contribution in [0.4, 0.5) is 5.82 Å². The van der Waals surface area contributed by atoms with Crippen molar-refractivity contribution in [1.29, 1.82) is 0 Å². The molecule has 2 aromatic heterocycles. The standard InChI is InChI=1S/C17H24N4/c1-10(2)17-6-12(11(3)14(17)7-17)8-19-16-13-4-5-18-15(13)20-9-21-16/h4-5,9-12,14H,6-8H2,1-3H3,(H2,18,19,20,21). The van der Waals surface area contributed by atoms with Gasteiger partial charge in [0.1, 0.15) is 17.8 Å². The van der Waals surface area contributed by atoms with E-state index in [0.29, 0.717) is 5.41 Å². The quantitative estimate of drug-likeness (QED) is 0.900. The van der Waals surface area contributed by atoms with E-state index in [1.54, 1.807) is 6.33 Å². The lowest BCUT2D eigenvalue weighted by molar-refractivity contribution is 0.315. The van der Waals surface area contributed by atoms with E-state index < -0.39 is 0 Å². The lowest BCUT2D eigenvalue weighted by atomic mass is 9.86. The molecule has 2 aliphatic carbocycles. The van der Waals surface area contributed by atoms with Gasteiger partial charge in [0.15, 0.2) is 0 Å². The van der Waals surface area contributed by atoms with Crippen molar-refractivity contribution in [3.05, 3.63) is 18.6 Å². The van der Waals surface area contributed by atoms with Crippen LogP contribution in [0, 0.1) is 29.1 Å². The molecule has 4 unspecified atom stereocenters. The van der Waals surface area contributed by atoms with Crippen LogP contribution in [0.1, 0.15) is 33.6 Å². The van der Waals surface area contributed by atoms with Crippen molar-refractivity contribution in [1.82, 2.24) is 15.0 Å². The first-order valence-electron chi connectivity index (χ1n) is 8.14. The number of nitrogens with one attached hydrogen (secondary N) is 2. The number of aromatic amines is 1. The maximum atomic E-state index is 4.41. The summed E-state index contributed by atoms with van der Waals surface area (Å²) in [6.07, 6.45) is 6.39. The molecule has 2 fully saturated rings. The second-order valence-electron chi connectivity index (χ2n) is 7.36. The van der Waals surface area contributed by atoms with E-state index in [-0.39, 0.29) is 0 Å². The third-order valence-corrected chi connectivity index (χ3v) is 6.23. The zero-order valence-corrected chi connectivity index (χ0v) is 13.1. The van der Waals surface area contributed by atoms with Gasteiger partial charge in [-0.1, -0.05) is 20.8 Å². The van der Waals surface area contributed by atoms with Crippen LogP contribution in [0.2, 0.25) is 0 Å². The van der Waals surface area contributed by atoms with Gasteiger partial charge in [-0.25, -0.2) is 9.97 Å². The molecule has 0 amide bonds. The molecule has 21 heavy (non-hydrogen) atoms. The molecule has 112 valence electrons.